The van der Waals surface area contributed by atoms with Crippen LogP contribution in [0.2, 0.25) is 0 Å². The van der Waals surface area contributed by atoms with Gasteiger partial charge in [-0.15, -0.1) is 0 Å². The van der Waals surface area contributed by atoms with E-state index in [-0.39, 0.29) is 0 Å². The first kappa shape index (κ1) is 10.7. The molecular formula is C12H10N2OS2. The maximum absolute atomic E-state index is 5.70. The Kier molecular flexibility index (Phi) is 2.78. The molecule has 17 heavy (non-hydrogen) atoms. The number of hydrogen-bond acceptors (Lipinski definition) is 5. The number of fused-ring (bicyclic) bond motifs is 1. The molecule has 0 atom stereocenters. The van der Waals surface area contributed by atoms with Crippen molar-refractivity contribution >= 4 is 39.9 Å². The Balaban J connectivity index is 1.81. The number of thioether (sulfide) groups is 1. The van der Waals surface area contributed by atoms with Crippen molar-refractivity contribution in [3.63, 3.8) is 0 Å². The van der Waals surface area contributed by atoms with E-state index in [0.717, 1.165) is 16.9 Å². The lowest BCUT2D eigenvalue weighted by Crippen LogP contribution is -1.82. The van der Waals surface area contributed by atoms with Crippen LogP contribution in [-0.2, 0) is 5.75 Å². The molecule has 0 bridgehead atoms. The summed E-state index contributed by atoms with van der Waals surface area (Å²) < 4.78 is 5.62. The zero-order valence-corrected chi connectivity index (χ0v) is 10.6. The minimum absolute atomic E-state index is 0.691. The summed E-state index contributed by atoms with van der Waals surface area (Å²) in [7, 11) is 0. The van der Waals surface area contributed by atoms with E-state index < -0.39 is 0 Å². The fourth-order valence-electron chi connectivity index (χ4n) is 1.50. The van der Waals surface area contributed by atoms with Crippen LogP contribution in [0, 0.1) is 0 Å². The first-order valence-corrected chi connectivity index (χ1v) is 7.04. The fourth-order valence-corrected chi connectivity index (χ4v) is 3.06. The van der Waals surface area contributed by atoms with Crippen molar-refractivity contribution in [1.29, 1.82) is 0 Å². The van der Waals surface area contributed by atoms with Crippen LogP contribution in [-0.4, -0.2) is 4.98 Å². The van der Waals surface area contributed by atoms with Crippen LogP contribution in [0.4, 0.5) is 5.69 Å². The predicted octanol–water partition coefficient (Wildman–Crippen LogP) is 3.76. The topological polar surface area (TPSA) is 52.0 Å². The molecule has 3 aromatic rings. The second-order valence-electron chi connectivity index (χ2n) is 3.63. The number of rotatable bonds is 3. The monoisotopic (exact) mass is 262 g/mol. The molecule has 1 aromatic carbocycles. The fraction of sp³-hybridized carbons (Fsp3) is 0.0833. The smallest absolute Gasteiger partial charge is 0.257 e. The van der Waals surface area contributed by atoms with E-state index in [0.29, 0.717) is 10.9 Å². The summed E-state index contributed by atoms with van der Waals surface area (Å²) in [5, 5.41) is 4.90. The van der Waals surface area contributed by atoms with E-state index in [9.17, 15) is 0 Å². The molecule has 2 aromatic heterocycles. The molecule has 0 amide bonds. The average molecular weight is 262 g/mol. The van der Waals surface area contributed by atoms with Crippen molar-refractivity contribution < 1.29 is 4.42 Å². The summed E-state index contributed by atoms with van der Waals surface area (Å²) in [6.07, 6.45) is 0. The number of nitrogens with zero attached hydrogens (tertiary/aromatic N) is 1. The van der Waals surface area contributed by atoms with Crippen molar-refractivity contribution in [2.75, 3.05) is 5.73 Å². The third-order valence-corrected chi connectivity index (χ3v) is 3.97. The zero-order chi connectivity index (χ0) is 11.7. The van der Waals surface area contributed by atoms with Crippen molar-refractivity contribution in [2.24, 2.45) is 0 Å². The average Bonchev–Trinajstić information content (AvgIpc) is 2.94. The third-order valence-electron chi connectivity index (χ3n) is 2.33. The molecule has 0 saturated carbocycles. The van der Waals surface area contributed by atoms with Gasteiger partial charge in [0.15, 0.2) is 5.58 Å². The SMILES string of the molecule is Nc1ccc2oc(SCc3ccsc3)nc2c1. The Morgan fingerprint density at radius 3 is 3.12 bits per heavy atom. The van der Waals surface area contributed by atoms with Crippen molar-refractivity contribution in [2.45, 2.75) is 11.0 Å². The molecule has 3 rings (SSSR count). The Bertz CT molecular complexity index is 631. The first-order valence-electron chi connectivity index (χ1n) is 5.11. The number of aromatic nitrogens is 1. The van der Waals surface area contributed by atoms with Gasteiger partial charge in [0.1, 0.15) is 5.52 Å². The molecule has 0 aliphatic rings. The van der Waals surface area contributed by atoms with Gasteiger partial charge < -0.3 is 10.2 Å². The standard InChI is InChI=1S/C12H10N2OS2/c13-9-1-2-11-10(5-9)14-12(15-11)17-7-8-3-4-16-6-8/h1-6H,7,13H2. The lowest BCUT2D eigenvalue weighted by molar-refractivity contribution is 0.489. The van der Waals surface area contributed by atoms with E-state index in [4.69, 9.17) is 10.2 Å². The summed E-state index contributed by atoms with van der Waals surface area (Å²) >= 11 is 3.30. The molecule has 86 valence electrons. The van der Waals surface area contributed by atoms with E-state index in [1.165, 1.54) is 5.56 Å². The number of thiophene rings is 1. The maximum atomic E-state index is 5.70. The van der Waals surface area contributed by atoms with Gasteiger partial charge in [0.05, 0.1) is 0 Å². The predicted molar refractivity (Wildman–Crippen MR) is 72.3 cm³/mol. The van der Waals surface area contributed by atoms with Gasteiger partial charge >= 0.3 is 0 Å². The number of oxazole rings is 1. The van der Waals surface area contributed by atoms with E-state index in [1.54, 1.807) is 23.1 Å². The van der Waals surface area contributed by atoms with Crippen molar-refractivity contribution in [3.8, 4) is 0 Å². The second-order valence-corrected chi connectivity index (χ2v) is 5.33. The van der Waals surface area contributed by atoms with Crippen LogP contribution < -0.4 is 5.73 Å². The highest BCUT2D eigenvalue weighted by Gasteiger charge is 2.06. The molecule has 3 nitrogen and oxygen atoms in total. The highest BCUT2D eigenvalue weighted by Crippen LogP contribution is 2.27. The molecule has 0 fully saturated rings. The Morgan fingerprint density at radius 1 is 1.35 bits per heavy atom. The molecule has 5 heteroatoms. The van der Waals surface area contributed by atoms with Crippen molar-refractivity contribution in [1.82, 2.24) is 4.98 Å². The lowest BCUT2D eigenvalue weighted by atomic mass is 10.3. The quantitative estimate of drug-likeness (QED) is 0.576. The molecule has 0 radical (unpaired) electrons. The van der Waals surface area contributed by atoms with Crippen LogP contribution in [0.3, 0.4) is 0 Å². The molecule has 0 unspecified atom stereocenters. The molecule has 2 heterocycles. The summed E-state index contributed by atoms with van der Waals surface area (Å²) in [5.41, 5.74) is 9.30. The number of anilines is 1. The lowest BCUT2D eigenvalue weighted by Gasteiger charge is -1.91. The van der Waals surface area contributed by atoms with Gasteiger partial charge in [0.25, 0.3) is 5.22 Å². The minimum Gasteiger partial charge on any atom is -0.431 e. The summed E-state index contributed by atoms with van der Waals surface area (Å²) in [6, 6.07) is 7.61. The van der Waals surface area contributed by atoms with Gasteiger partial charge in [0, 0.05) is 11.4 Å². The van der Waals surface area contributed by atoms with Crippen LogP contribution >= 0.6 is 23.1 Å². The van der Waals surface area contributed by atoms with Crippen LogP contribution in [0.1, 0.15) is 5.56 Å². The van der Waals surface area contributed by atoms with Gasteiger partial charge in [-0.3, -0.25) is 0 Å². The van der Waals surface area contributed by atoms with Gasteiger partial charge in [-0.1, -0.05) is 11.8 Å². The summed E-state index contributed by atoms with van der Waals surface area (Å²) in [5.74, 6) is 0.881. The Labute approximate surface area is 107 Å². The van der Waals surface area contributed by atoms with Gasteiger partial charge in [-0.05, 0) is 40.6 Å². The van der Waals surface area contributed by atoms with Crippen LogP contribution in [0.5, 0.6) is 0 Å². The van der Waals surface area contributed by atoms with Gasteiger partial charge in [-0.25, -0.2) is 4.98 Å². The maximum Gasteiger partial charge on any atom is 0.257 e. The third kappa shape index (κ3) is 2.30. The van der Waals surface area contributed by atoms with E-state index >= 15 is 0 Å². The van der Waals surface area contributed by atoms with Crippen LogP contribution in [0.15, 0.2) is 44.7 Å². The first-order chi connectivity index (χ1) is 8.31. The van der Waals surface area contributed by atoms with Gasteiger partial charge in [-0.2, -0.15) is 11.3 Å². The second kappa shape index (κ2) is 4.43. The Hall–Kier alpha value is -1.46. The largest absolute Gasteiger partial charge is 0.431 e. The molecule has 0 saturated heterocycles. The van der Waals surface area contributed by atoms with Crippen molar-refractivity contribution in [3.05, 3.63) is 40.6 Å². The Morgan fingerprint density at radius 2 is 2.29 bits per heavy atom. The normalized spacial score (nSPS) is 11.1. The zero-order valence-electron chi connectivity index (χ0n) is 8.92. The highest BCUT2D eigenvalue weighted by atomic mass is 32.2. The summed E-state index contributed by atoms with van der Waals surface area (Å²) in [4.78, 5) is 4.39. The number of nitrogens with two attached hydrogens (primary N) is 1. The number of nitrogen functional groups attached to an aromatic ring is 1. The minimum atomic E-state index is 0.691. The van der Waals surface area contributed by atoms with Gasteiger partial charge in [0.2, 0.25) is 0 Å². The number of benzene rings is 1. The highest BCUT2D eigenvalue weighted by molar-refractivity contribution is 7.98. The summed E-state index contributed by atoms with van der Waals surface area (Å²) in [6.45, 7) is 0. The molecule has 0 aliphatic heterocycles. The molecule has 0 aliphatic carbocycles. The molecule has 2 N–H and O–H groups in total. The molecule has 0 spiro atoms. The number of hydrogen-bond donors (Lipinski definition) is 1. The van der Waals surface area contributed by atoms with E-state index in [2.05, 4.69) is 21.8 Å². The van der Waals surface area contributed by atoms with E-state index in [1.807, 2.05) is 18.2 Å². The molecular weight excluding hydrogens is 252 g/mol. The van der Waals surface area contributed by atoms with Crippen LogP contribution in [0.25, 0.3) is 11.1 Å².